The monoisotopic (exact) mass is 438 g/mol. The summed E-state index contributed by atoms with van der Waals surface area (Å²) in [6.45, 7) is 4.06. The largest absolute Gasteiger partial charge is 0.468 e. The van der Waals surface area contributed by atoms with E-state index < -0.39 is 0 Å². The maximum atomic E-state index is 12.4. The Balaban J connectivity index is 2.18. The average Bonchev–Trinajstić information content (AvgIpc) is 3.13. The zero-order chi connectivity index (χ0) is 18.1. The van der Waals surface area contributed by atoms with Gasteiger partial charge in [0.15, 0.2) is 4.80 Å². The number of fused-ring (bicyclic) bond motifs is 1. The summed E-state index contributed by atoms with van der Waals surface area (Å²) in [6.07, 6.45) is 0. The number of thiazole rings is 1. The molecule has 25 heavy (non-hydrogen) atoms. The van der Waals surface area contributed by atoms with E-state index in [2.05, 4.69) is 20.9 Å². The molecule has 130 valence electrons. The average molecular weight is 439 g/mol. The van der Waals surface area contributed by atoms with Gasteiger partial charge in [-0.15, -0.1) is 11.3 Å². The molecular formula is C17H15BrN2O3S2. The predicted octanol–water partition coefficient (Wildman–Crippen LogP) is 4.06. The van der Waals surface area contributed by atoms with Gasteiger partial charge in [0.2, 0.25) is 0 Å². The summed E-state index contributed by atoms with van der Waals surface area (Å²) in [5.41, 5.74) is 3.14. The molecule has 0 radical (unpaired) electrons. The maximum absolute atomic E-state index is 12.4. The Kier molecular flexibility index (Phi) is 5.21. The zero-order valence-electron chi connectivity index (χ0n) is 13.8. The van der Waals surface area contributed by atoms with Crippen molar-refractivity contribution in [3.05, 3.63) is 48.9 Å². The summed E-state index contributed by atoms with van der Waals surface area (Å²) < 4.78 is 8.37. The van der Waals surface area contributed by atoms with Gasteiger partial charge in [-0.3, -0.25) is 9.59 Å². The molecule has 0 spiro atoms. The quantitative estimate of drug-likeness (QED) is 0.579. The first-order valence-corrected chi connectivity index (χ1v) is 9.83. The second-order valence-electron chi connectivity index (χ2n) is 5.47. The highest BCUT2D eigenvalue weighted by Crippen LogP contribution is 2.24. The van der Waals surface area contributed by atoms with Crippen LogP contribution in [0, 0.1) is 13.8 Å². The van der Waals surface area contributed by atoms with E-state index in [1.54, 1.807) is 10.6 Å². The Morgan fingerprint density at radius 2 is 1.92 bits per heavy atom. The fourth-order valence-corrected chi connectivity index (χ4v) is 4.70. The van der Waals surface area contributed by atoms with Gasteiger partial charge in [0, 0.05) is 0 Å². The molecule has 0 aliphatic rings. The van der Waals surface area contributed by atoms with Crippen LogP contribution in [0.1, 0.15) is 20.8 Å². The summed E-state index contributed by atoms with van der Waals surface area (Å²) in [4.78, 5) is 29.5. The SMILES string of the molecule is COC(=O)Cn1c(=NC(=O)c2ccc(Br)s2)sc2cc(C)c(C)cc21. The highest BCUT2D eigenvalue weighted by molar-refractivity contribution is 9.11. The van der Waals surface area contributed by atoms with E-state index in [0.29, 0.717) is 9.68 Å². The second kappa shape index (κ2) is 7.23. The number of thiophene rings is 1. The molecule has 0 atom stereocenters. The minimum atomic E-state index is -0.384. The number of rotatable bonds is 3. The molecular weight excluding hydrogens is 424 g/mol. The highest BCUT2D eigenvalue weighted by Gasteiger charge is 2.14. The zero-order valence-corrected chi connectivity index (χ0v) is 17.0. The molecule has 2 heterocycles. The van der Waals surface area contributed by atoms with Crippen LogP contribution in [-0.2, 0) is 16.1 Å². The number of carbonyl (C=O) groups is 2. The molecule has 8 heteroatoms. The molecule has 0 aliphatic carbocycles. The van der Waals surface area contributed by atoms with Crippen molar-refractivity contribution in [3.8, 4) is 0 Å². The third kappa shape index (κ3) is 3.75. The van der Waals surface area contributed by atoms with Gasteiger partial charge in [-0.1, -0.05) is 11.3 Å². The van der Waals surface area contributed by atoms with Crippen molar-refractivity contribution in [2.45, 2.75) is 20.4 Å². The molecule has 0 N–H and O–H groups in total. The number of amides is 1. The summed E-state index contributed by atoms with van der Waals surface area (Å²) >= 11 is 6.07. The first-order chi connectivity index (χ1) is 11.9. The molecule has 0 bridgehead atoms. The van der Waals surface area contributed by atoms with Crippen LogP contribution in [0.2, 0.25) is 0 Å². The van der Waals surface area contributed by atoms with E-state index in [1.165, 1.54) is 29.8 Å². The highest BCUT2D eigenvalue weighted by atomic mass is 79.9. The Hall–Kier alpha value is -1.77. The Morgan fingerprint density at radius 1 is 1.20 bits per heavy atom. The number of esters is 1. The molecule has 2 aromatic heterocycles. The van der Waals surface area contributed by atoms with Crippen LogP contribution >= 0.6 is 38.6 Å². The van der Waals surface area contributed by atoms with Crippen molar-refractivity contribution < 1.29 is 14.3 Å². The fraction of sp³-hybridized carbons (Fsp3) is 0.235. The normalized spacial score (nSPS) is 11.9. The minimum absolute atomic E-state index is 0.0131. The van der Waals surface area contributed by atoms with E-state index in [9.17, 15) is 9.59 Å². The van der Waals surface area contributed by atoms with Crippen LogP contribution in [0.15, 0.2) is 33.0 Å². The van der Waals surface area contributed by atoms with Crippen LogP contribution in [-0.4, -0.2) is 23.6 Å². The van der Waals surface area contributed by atoms with Crippen molar-refractivity contribution >= 4 is 60.7 Å². The number of methoxy groups -OCH3 is 1. The van der Waals surface area contributed by atoms with E-state index in [4.69, 9.17) is 4.74 Å². The predicted molar refractivity (Wildman–Crippen MR) is 103 cm³/mol. The van der Waals surface area contributed by atoms with Crippen molar-refractivity contribution in [3.63, 3.8) is 0 Å². The van der Waals surface area contributed by atoms with Gasteiger partial charge in [-0.2, -0.15) is 4.99 Å². The lowest BCUT2D eigenvalue weighted by atomic mass is 10.1. The van der Waals surface area contributed by atoms with E-state index in [-0.39, 0.29) is 18.4 Å². The van der Waals surface area contributed by atoms with Crippen LogP contribution in [0.25, 0.3) is 10.2 Å². The van der Waals surface area contributed by atoms with Crippen LogP contribution in [0.4, 0.5) is 0 Å². The summed E-state index contributed by atoms with van der Waals surface area (Å²) in [7, 11) is 1.35. The second-order valence-corrected chi connectivity index (χ2v) is 8.94. The lowest BCUT2D eigenvalue weighted by Crippen LogP contribution is -2.22. The molecule has 0 saturated heterocycles. The topological polar surface area (TPSA) is 60.7 Å². The van der Waals surface area contributed by atoms with Gasteiger partial charge in [-0.05, 0) is 65.2 Å². The number of aryl methyl sites for hydroxylation is 2. The number of carbonyl (C=O) groups excluding carboxylic acids is 2. The van der Waals surface area contributed by atoms with Crippen LogP contribution in [0.3, 0.4) is 0 Å². The van der Waals surface area contributed by atoms with Gasteiger partial charge in [-0.25, -0.2) is 0 Å². The number of aromatic nitrogens is 1. The summed E-state index contributed by atoms with van der Waals surface area (Å²) in [5, 5.41) is 0. The Labute approximate surface area is 160 Å². The molecule has 5 nitrogen and oxygen atoms in total. The van der Waals surface area contributed by atoms with E-state index >= 15 is 0 Å². The van der Waals surface area contributed by atoms with Gasteiger partial charge < -0.3 is 9.30 Å². The summed E-state index contributed by atoms with van der Waals surface area (Å²) in [6, 6.07) is 7.60. The molecule has 3 rings (SSSR count). The molecule has 1 aromatic carbocycles. The number of hydrogen-bond acceptors (Lipinski definition) is 5. The molecule has 3 aromatic rings. The fourth-order valence-electron chi connectivity index (χ4n) is 2.32. The van der Waals surface area contributed by atoms with Crippen LogP contribution in [0.5, 0.6) is 0 Å². The van der Waals surface area contributed by atoms with Gasteiger partial charge in [0.25, 0.3) is 5.91 Å². The number of nitrogens with zero attached hydrogens (tertiary/aromatic N) is 2. The standard InChI is InChI=1S/C17H15BrN2O3S2/c1-9-6-11-13(7-10(9)2)25-17(20(11)8-15(21)23-3)19-16(22)12-4-5-14(18)24-12/h4-7H,8H2,1-3H3. The van der Waals surface area contributed by atoms with Crippen LogP contribution < -0.4 is 4.80 Å². The van der Waals surface area contributed by atoms with E-state index in [0.717, 1.165) is 25.1 Å². The molecule has 0 saturated carbocycles. The molecule has 0 unspecified atom stereocenters. The minimum Gasteiger partial charge on any atom is -0.468 e. The Bertz CT molecular complexity index is 1050. The van der Waals surface area contributed by atoms with Crippen molar-refractivity contribution in [2.75, 3.05) is 7.11 Å². The number of ether oxygens (including phenoxy) is 1. The van der Waals surface area contributed by atoms with Crippen molar-refractivity contribution in [2.24, 2.45) is 4.99 Å². The first-order valence-electron chi connectivity index (χ1n) is 7.41. The third-order valence-corrected chi connectivity index (χ3v) is 6.45. The number of benzene rings is 1. The van der Waals surface area contributed by atoms with Gasteiger partial charge >= 0.3 is 5.97 Å². The van der Waals surface area contributed by atoms with Gasteiger partial charge in [0.05, 0.1) is 26.0 Å². The Morgan fingerprint density at radius 3 is 2.56 bits per heavy atom. The molecule has 0 fully saturated rings. The molecule has 1 amide bonds. The number of hydrogen-bond donors (Lipinski definition) is 0. The maximum Gasteiger partial charge on any atom is 0.325 e. The first kappa shape index (κ1) is 18.0. The molecule has 0 aliphatic heterocycles. The van der Waals surface area contributed by atoms with E-state index in [1.807, 2.05) is 32.0 Å². The van der Waals surface area contributed by atoms with Crippen molar-refractivity contribution in [1.82, 2.24) is 4.57 Å². The van der Waals surface area contributed by atoms with Gasteiger partial charge in [0.1, 0.15) is 6.54 Å². The third-order valence-electron chi connectivity index (χ3n) is 3.79. The lowest BCUT2D eigenvalue weighted by Gasteiger charge is -2.05. The smallest absolute Gasteiger partial charge is 0.325 e. The lowest BCUT2D eigenvalue weighted by molar-refractivity contribution is -0.141. The summed E-state index contributed by atoms with van der Waals surface area (Å²) in [5.74, 6) is -0.708. The van der Waals surface area contributed by atoms with Crippen molar-refractivity contribution in [1.29, 1.82) is 0 Å². The number of halogens is 1.